The maximum Gasteiger partial charge on any atom is 0.242 e. The molecule has 0 saturated heterocycles. The van der Waals surface area contributed by atoms with Crippen LogP contribution in [0.1, 0.15) is 40.9 Å². The van der Waals surface area contributed by atoms with Crippen molar-refractivity contribution in [2.75, 3.05) is 7.11 Å². The summed E-state index contributed by atoms with van der Waals surface area (Å²) in [6, 6.07) is 42.9. The SMILES string of the molecule is COc1nn(C(c2ccccc2)(c2ccccc2)c2ccccc2)c2cc(CC(=O)N[C@H](C)c3ccccc3)ncc12. The van der Waals surface area contributed by atoms with E-state index in [4.69, 9.17) is 9.84 Å². The summed E-state index contributed by atoms with van der Waals surface area (Å²) in [7, 11) is 1.62. The van der Waals surface area contributed by atoms with Crippen molar-refractivity contribution >= 4 is 16.8 Å². The highest BCUT2D eigenvalue weighted by Crippen LogP contribution is 2.43. The van der Waals surface area contributed by atoms with Gasteiger partial charge in [0, 0.05) is 6.20 Å². The van der Waals surface area contributed by atoms with E-state index in [0.29, 0.717) is 11.6 Å². The Morgan fingerprint density at radius 2 is 1.31 bits per heavy atom. The molecule has 0 saturated carbocycles. The Kier molecular flexibility index (Phi) is 7.52. The van der Waals surface area contributed by atoms with Crippen LogP contribution in [0.4, 0.5) is 0 Å². The minimum atomic E-state index is -0.832. The third-order valence-corrected chi connectivity index (χ3v) is 7.69. The summed E-state index contributed by atoms with van der Waals surface area (Å²) in [5, 5.41) is 8.95. The second-order valence-electron chi connectivity index (χ2n) is 10.3. The van der Waals surface area contributed by atoms with E-state index in [2.05, 4.69) is 46.7 Å². The number of nitrogens with zero attached hydrogens (tertiary/aromatic N) is 3. The quantitative estimate of drug-likeness (QED) is 0.203. The fourth-order valence-electron chi connectivity index (χ4n) is 5.72. The van der Waals surface area contributed by atoms with Gasteiger partial charge >= 0.3 is 0 Å². The smallest absolute Gasteiger partial charge is 0.242 e. The number of hydrogen-bond donors (Lipinski definition) is 1. The maximum absolute atomic E-state index is 13.1. The number of amides is 1. The highest BCUT2D eigenvalue weighted by Gasteiger charge is 2.41. The molecule has 0 unspecified atom stereocenters. The molecule has 6 aromatic rings. The van der Waals surface area contributed by atoms with Crippen LogP contribution in [0.2, 0.25) is 0 Å². The third kappa shape index (κ3) is 4.92. The van der Waals surface area contributed by atoms with Crippen molar-refractivity contribution in [1.82, 2.24) is 20.1 Å². The first kappa shape index (κ1) is 27.0. The molecule has 0 spiro atoms. The number of nitrogens with one attached hydrogen (secondary N) is 1. The van der Waals surface area contributed by atoms with Crippen LogP contribution < -0.4 is 10.1 Å². The molecule has 0 radical (unpaired) electrons. The Balaban J connectivity index is 1.52. The number of carbonyl (C=O) groups excluding carboxylic acids is 1. The predicted octanol–water partition coefficient (Wildman–Crippen LogP) is 6.70. The monoisotopic (exact) mass is 552 g/mol. The van der Waals surface area contributed by atoms with Gasteiger partial charge in [0.05, 0.1) is 36.2 Å². The largest absolute Gasteiger partial charge is 0.479 e. The highest BCUT2D eigenvalue weighted by atomic mass is 16.5. The number of methoxy groups -OCH3 is 1. The van der Waals surface area contributed by atoms with Gasteiger partial charge in [-0.15, -0.1) is 5.10 Å². The van der Waals surface area contributed by atoms with Crippen molar-refractivity contribution in [1.29, 1.82) is 0 Å². The van der Waals surface area contributed by atoms with E-state index in [1.807, 2.05) is 103 Å². The molecule has 0 aliphatic carbocycles. The molecule has 6 rings (SSSR count). The predicted molar refractivity (Wildman–Crippen MR) is 165 cm³/mol. The molecular formula is C36H32N4O2. The van der Waals surface area contributed by atoms with Gasteiger partial charge in [0.25, 0.3) is 0 Å². The van der Waals surface area contributed by atoms with E-state index in [1.165, 1.54) is 0 Å². The van der Waals surface area contributed by atoms with Crippen molar-refractivity contribution in [3.63, 3.8) is 0 Å². The van der Waals surface area contributed by atoms with Gasteiger partial charge in [0.15, 0.2) is 0 Å². The molecule has 2 heterocycles. The molecule has 208 valence electrons. The van der Waals surface area contributed by atoms with Crippen LogP contribution in [0, 0.1) is 0 Å². The number of pyridine rings is 1. The van der Waals surface area contributed by atoms with E-state index >= 15 is 0 Å². The number of hydrogen-bond acceptors (Lipinski definition) is 4. The van der Waals surface area contributed by atoms with Crippen molar-refractivity contribution < 1.29 is 9.53 Å². The zero-order valence-corrected chi connectivity index (χ0v) is 23.6. The molecule has 0 fully saturated rings. The fourth-order valence-corrected chi connectivity index (χ4v) is 5.72. The number of ether oxygens (including phenoxy) is 1. The van der Waals surface area contributed by atoms with Gasteiger partial charge in [-0.05, 0) is 35.2 Å². The minimum absolute atomic E-state index is 0.100. The number of benzene rings is 4. The van der Waals surface area contributed by atoms with E-state index < -0.39 is 5.54 Å². The normalized spacial score (nSPS) is 12.1. The highest BCUT2D eigenvalue weighted by molar-refractivity contribution is 5.86. The Labute approximate surface area is 245 Å². The van der Waals surface area contributed by atoms with Crippen LogP contribution in [0.25, 0.3) is 10.9 Å². The first-order valence-corrected chi connectivity index (χ1v) is 14.0. The van der Waals surface area contributed by atoms with Gasteiger partial charge in [0.2, 0.25) is 11.8 Å². The second-order valence-corrected chi connectivity index (χ2v) is 10.3. The molecule has 0 bridgehead atoms. The standard InChI is InChI=1S/C36H32N4O2/c1-26(27-15-7-3-8-16-27)38-34(41)24-31-23-33-32(25-37-31)35(42-2)39-40(33)36(28-17-9-4-10-18-28,29-19-11-5-12-20-29)30-21-13-6-14-22-30/h3-23,25-26H,24H2,1-2H3,(H,38,41)/t26-/m1/s1. The van der Waals surface area contributed by atoms with E-state index in [0.717, 1.165) is 33.2 Å². The zero-order chi connectivity index (χ0) is 28.9. The molecule has 4 aromatic carbocycles. The number of carbonyl (C=O) groups is 1. The lowest BCUT2D eigenvalue weighted by Crippen LogP contribution is -2.38. The Bertz CT molecular complexity index is 1690. The number of rotatable bonds is 9. The Morgan fingerprint density at radius 1 is 0.810 bits per heavy atom. The summed E-state index contributed by atoms with van der Waals surface area (Å²) in [5.41, 5.74) is 4.81. The summed E-state index contributed by atoms with van der Waals surface area (Å²) < 4.78 is 7.81. The van der Waals surface area contributed by atoms with Crippen LogP contribution >= 0.6 is 0 Å². The van der Waals surface area contributed by atoms with Gasteiger partial charge < -0.3 is 10.1 Å². The molecular weight excluding hydrogens is 520 g/mol. The molecule has 6 heteroatoms. The molecule has 0 aliphatic rings. The summed E-state index contributed by atoms with van der Waals surface area (Å²) in [5.74, 6) is 0.370. The second kappa shape index (κ2) is 11.7. The van der Waals surface area contributed by atoms with Crippen LogP contribution in [0.3, 0.4) is 0 Å². The molecule has 1 atom stereocenters. The van der Waals surface area contributed by atoms with Crippen LogP contribution in [0.15, 0.2) is 134 Å². The number of fused-ring (bicyclic) bond motifs is 1. The molecule has 1 amide bonds. The minimum Gasteiger partial charge on any atom is -0.479 e. The van der Waals surface area contributed by atoms with Crippen molar-refractivity contribution in [2.24, 2.45) is 0 Å². The lowest BCUT2D eigenvalue weighted by molar-refractivity contribution is -0.121. The number of aromatic nitrogens is 3. The Hall–Kier alpha value is -5.23. The zero-order valence-electron chi connectivity index (χ0n) is 23.6. The average molecular weight is 553 g/mol. The van der Waals surface area contributed by atoms with Crippen molar-refractivity contribution in [2.45, 2.75) is 24.9 Å². The van der Waals surface area contributed by atoms with Gasteiger partial charge in [-0.25, -0.2) is 4.68 Å². The summed E-state index contributed by atoms with van der Waals surface area (Å²) in [6.07, 6.45) is 1.89. The third-order valence-electron chi connectivity index (χ3n) is 7.69. The topological polar surface area (TPSA) is 69.0 Å². The summed E-state index contributed by atoms with van der Waals surface area (Å²) in [6.45, 7) is 1.98. The molecule has 1 N–H and O–H groups in total. The van der Waals surface area contributed by atoms with Crippen molar-refractivity contribution in [3.05, 3.63) is 162 Å². The van der Waals surface area contributed by atoms with Crippen LogP contribution in [0.5, 0.6) is 5.88 Å². The molecule has 42 heavy (non-hydrogen) atoms. The van der Waals surface area contributed by atoms with Crippen LogP contribution in [-0.2, 0) is 16.8 Å². The molecule has 0 aliphatic heterocycles. The van der Waals surface area contributed by atoms with Gasteiger partial charge in [0.1, 0.15) is 5.54 Å². The van der Waals surface area contributed by atoms with Gasteiger partial charge in [-0.2, -0.15) is 0 Å². The fraction of sp³-hybridized carbons (Fsp3) is 0.139. The van der Waals surface area contributed by atoms with Crippen molar-refractivity contribution in [3.8, 4) is 5.88 Å². The van der Waals surface area contributed by atoms with E-state index in [1.54, 1.807) is 13.3 Å². The van der Waals surface area contributed by atoms with E-state index in [-0.39, 0.29) is 18.4 Å². The molecule has 6 nitrogen and oxygen atoms in total. The molecule has 2 aromatic heterocycles. The first-order valence-electron chi connectivity index (χ1n) is 14.0. The summed E-state index contributed by atoms with van der Waals surface area (Å²) in [4.78, 5) is 17.8. The van der Waals surface area contributed by atoms with Gasteiger partial charge in [-0.3, -0.25) is 9.78 Å². The Morgan fingerprint density at radius 3 is 1.81 bits per heavy atom. The van der Waals surface area contributed by atoms with E-state index in [9.17, 15) is 4.79 Å². The lowest BCUT2D eigenvalue weighted by atomic mass is 9.77. The maximum atomic E-state index is 13.1. The lowest BCUT2D eigenvalue weighted by Gasteiger charge is -2.36. The first-order chi connectivity index (χ1) is 20.6. The van der Waals surface area contributed by atoms with Crippen LogP contribution in [-0.4, -0.2) is 27.8 Å². The van der Waals surface area contributed by atoms with Gasteiger partial charge in [-0.1, -0.05) is 121 Å². The average Bonchev–Trinajstić information content (AvgIpc) is 3.41. The summed E-state index contributed by atoms with van der Waals surface area (Å²) >= 11 is 0.